The molecule has 1 aromatic heterocycles. The van der Waals surface area contributed by atoms with Crippen molar-refractivity contribution in [1.82, 2.24) is 10.3 Å². The number of pyridine rings is 1. The molecule has 0 unspecified atom stereocenters. The highest BCUT2D eigenvalue weighted by Gasteiger charge is 2.18. The summed E-state index contributed by atoms with van der Waals surface area (Å²) in [5.74, 6) is 0.817. The zero-order valence-electron chi connectivity index (χ0n) is 11.0. The van der Waals surface area contributed by atoms with Crippen molar-refractivity contribution in [3.05, 3.63) is 22.9 Å². The maximum absolute atomic E-state index is 4.15. The summed E-state index contributed by atoms with van der Waals surface area (Å²) in [7, 11) is 0. The fraction of sp³-hybridized carbons (Fsp3) is 0.643. The van der Waals surface area contributed by atoms with Crippen LogP contribution >= 0.6 is 15.9 Å². The van der Waals surface area contributed by atoms with Crippen LogP contribution in [0, 0.1) is 5.92 Å². The molecule has 1 aromatic rings. The highest BCUT2D eigenvalue weighted by atomic mass is 79.9. The lowest BCUT2D eigenvalue weighted by molar-refractivity contribution is 0.373. The molecule has 4 heteroatoms. The Morgan fingerprint density at radius 2 is 2.22 bits per heavy atom. The number of hydrogen-bond acceptors (Lipinski definition) is 3. The maximum atomic E-state index is 4.15. The summed E-state index contributed by atoms with van der Waals surface area (Å²) in [6, 6.07) is 2.11. The monoisotopic (exact) mass is 311 g/mol. The minimum Gasteiger partial charge on any atom is -0.370 e. The third-order valence-electron chi connectivity index (χ3n) is 3.52. The Balaban J connectivity index is 2.05. The average molecular weight is 312 g/mol. The number of aromatic nitrogens is 1. The van der Waals surface area contributed by atoms with E-state index >= 15 is 0 Å². The summed E-state index contributed by atoms with van der Waals surface area (Å²) in [6.45, 7) is 6.86. The average Bonchev–Trinajstić information content (AvgIpc) is 2.40. The van der Waals surface area contributed by atoms with Crippen molar-refractivity contribution in [2.24, 2.45) is 5.92 Å². The smallest absolute Gasteiger partial charge is 0.0592 e. The lowest BCUT2D eigenvalue weighted by atomic mass is 9.97. The molecule has 1 N–H and O–H groups in total. The zero-order valence-corrected chi connectivity index (χ0v) is 12.6. The molecule has 0 amide bonds. The van der Waals surface area contributed by atoms with Gasteiger partial charge >= 0.3 is 0 Å². The van der Waals surface area contributed by atoms with Crippen molar-refractivity contribution in [3.63, 3.8) is 0 Å². The van der Waals surface area contributed by atoms with Crippen molar-refractivity contribution in [2.45, 2.75) is 26.2 Å². The maximum Gasteiger partial charge on any atom is 0.0592 e. The predicted octanol–water partition coefficient (Wildman–Crippen LogP) is 3.06. The Bertz CT molecular complexity index is 364. The minimum atomic E-state index is 0.817. The number of piperidine rings is 1. The Labute approximate surface area is 118 Å². The van der Waals surface area contributed by atoms with Gasteiger partial charge < -0.3 is 10.2 Å². The van der Waals surface area contributed by atoms with Gasteiger partial charge in [0.05, 0.1) is 10.2 Å². The summed E-state index contributed by atoms with van der Waals surface area (Å²) >= 11 is 3.62. The third kappa shape index (κ3) is 3.69. The molecule has 100 valence electrons. The molecule has 1 saturated heterocycles. The highest BCUT2D eigenvalue weighted by Crippen LogP contribution is 2.27. The number of nitrogens with one attached hydrogen (secondary N) is 1. The van der Waals surface area contributed by atoms with Gasteiger partial charge in [-0.05, 0) is 60.3 Å². The van der Waals surface area contributed by atoms with Crippen LogP contribution in [0.25, 0.3) is 0 Å². The third-order valence-corrected chi connectivity index (χ3v) is 4.13. The molecule has 1 fully saturated rings. The predicted molar refractivity (Wildman–Crippen MR) is 80.0 cm³/mol. The summed E-state index contributed by atoms with van der Waals surface area (Å²) in [6.07, 6.45) is 7.54. The Kier molecular flexibility index (Phi) is 5.45. The van der Waals surface area contributed by atoms with Crippen LogP contribution < -0.4 is 10.2 Å². The molecule has 0 atom stereocenters. The molecular formula is C14H22BrN3. The topological polar surface area (TPSA) is 28.2 Å². The van der Waals surface area contributed by atoms with E-state index in [0.717, 1.165) is 23.5 Å². The number of nitrogens with zero attached hydrogens (tertiary/aromatic N) is 2. The van der Waals surface area contributed by atoms with Gasteiger partial charge in [0, 0.05) is 25.5 Å². The molecule has 0 saturated carbocycles. The van der Waals surface area contributed by atoms with Crippen LogP contribution in [-0.4, -0.2) is 31.2 Å². The molecule has 0 bridgehead atoms. The second kappa shape index (κ2) is 7.10. The summed E-state index contributed by atoms with van der Waals surface area (Å²) in [5, 5.41) is 3.43. The van der Waals surface area contributed by atoms with Gasteiger partial charge in [-0.15, -0.1) is 0 Å². The van der Waals surface area contributed by atoms with Gasteiger partial charge in [-0.25, -0.2) is 0 Å². The van der Waals surface area contributed by atoms with E-state index in [9.17, 15) is 0 Å². The second-order valence-corrected chi connectivity index (χ2v) is 5.82. The van der Waals surface area contributed by atoms with Crippen molar-refractivity contribution in [2.75, 3.05) is 31.1 Å². The molecule has 18 heavy (non-hydrogen) atoms. The molecule has 2 heterocycles. The van der Waals surface area contributed by atoms with Gasteiger partial charge in [0.15, 0.2) is 0 Å². The fourth-order valence-corrected chi connectivity index (χ4v) is 3.08. The number of hydrogen-bond donors (Lipinski definition) is 1. The largest absolute Gasteiger partial charge is 0.370 e. The molecule has 1 aliphatic heterocycles. The Hall–Kier alpha value is -0.610. The van der Waals surface area contributed by atoms with Gasteiger partial charge in [0.1, 0.15) is 0 Å². The van der Waals surface area contributed by atoms with Crippen LogP contribution in [0.3, 0.4) is 0 Å². The molecule has 0 spiro atoms. The van der Waals surface area contributed by atoms with Gasteiger partial charge in [0.2, 0.25) is 0 Å². The van der Waals surface area contributed by atoms with Crippen LogP contribution in [0.2, 0.25) is 0 Å². The molecule has 1 aliphatic rings. The zero-order chi connectivity index (χ0) is 12.8. The lowest BCUT2D eigenvalue weighted by Crippen LogP contribution is -2.36. The van der Waals surface area contributed by atoms with E-state index in [4.69, 9.17) is 0 Å². The van der Waals surface area contributed by atoms with E-state index in [0.29, 0.717) is 0 Å². The van der Waals surface area contributed by atoms with Crippen molar-refractivity contribution < 1.29 is 0 Å². The van der Waals surface area contributed by atoms with Gasteiger partial charge in [-0.1, -0.05) is 6.92 Å². The highest BCUT2D eigenvalue weighted by molar-refractivity contribution is 9.10. The normalized spacial score (nSPS) is 16.8. The molecule has 0 aliphatic carbocycles. The van der Waals surface area contributed by atoms with E-state index < -0.39 is 0 Å². The second-order valence-electron chi connectivity index (χ2n) is 4.97. The van der Waals surface area contributed by atoms with Gasteiger partial charge in [-0.3, -0.25) is 4.98 Å². The molecule has 0 aromatic carbocycles. The van der Waals surface area contributed by atoms with Gasteiger partial charge in [0.25, 0.3) is 0 Å². The lowest BCUT2D eigenvalue weighted by Gasteiger charge is -2.32. The van der Waals surface area contributed by atoms with Gasteiger partial charge in [-0.2, -0.15) is 0 Å². The number of rotatable bonds is 5. The Morgan fingerprint density at radius 1 is 1.44 bits per heavy atom. The van der Waals surface area contributed by atoms with Crippen molar-refractivity contribution in [3.8, 4) is 0 Å². The fourth-order valence-electron chi connectivity index (χ4n) is 2.58. The summed E-state index contributed by atoms with van der Waals surface area (Å²) < 4.78 is 1.10. The minimum absolute atomic E-state index is 0.817. The van der Waals surface area contributed by atoms with Crippen LogP contribution in [0.5, 0.6) is 0 Å². The van der Waals surface area contributed by atoms with E-state index in [1.54, 1.807) is 0 Å². The van der Waals surface area contributed by atoms with Crippen LogP contribution in [0.15, 0.2) is 22.9 Å². The molecule has 0 radical (unpaired) electrons. The SMILES string of the molecule is CCCN(CC1CCNCC1)c1ccncc1Br. The van der Waals surface area contributed by atoms with E-state index in [1.165, 1.54) is 38.0 Å². The van der Waals surface area contributed by atoms with Crippen molar-refractivity contribution in [1.29, 1.82) is 0 Å². The van der Waals surface area contributed by atoms with E-state index in [1.807, 2.05) is 12.4 Å². The Morgan fingerprint density at radius 3 is 2.89 bits per heavy atom. The first-order valence-electron chi connectivity index (χ1n) is 6.86. The first-order chi connectivity index (χ1) is 8.81. The summed E-state index contributed by atoms with van der Waals surface area (Å²) in [5.41, 5.74) is 1.28. The van der Waals surface area contributed by atoms with E-state index in [2.05, 4.69) is 44.1 Å². The molecular weight excluding hydrogens is 290 g/mol. The number of anilines is 1. The standard InChI is InChI=1S/C14H22BrN3/c1-2-9-18(11-12-3-6-16-7-4-12)14-5-8-17-10-13(14)15/h5,8,10,12,16H,2-4,6-7,9,11H2,1H3. The van der Waals surface area contributed by atoms with Crippen molar-refractivity contribution >= 4 is 21.6 Å². The van der Waals surface area contributed by atoms with Crippen LogP contribution in [0.4, 0.5) is 5.69 Å². The van der Waals surface area contributed by atoms with Crippen LogP contribution in [-0.2, 0) is 0 Å². The quantitative estimate of drug-likeness (QED) is 0.906. The molecule has 2 rings (SSSR count). The molecule has 3 nitrogen and oxygen atoms in total. The van der Waals surface area contributed by atoms with Crippen LogP contribution in [0.1, 0.15) is 26.2 Å². The number of halogens is 1. The first-order valence-corrected chi connectivity index (χ1v) is 7.65. The summed E-state index contributed by atoms with van der Waals surface area (Å²) in [4.78, 5) is 6.65. The first kappa shape index (κ1) is 13.8. The van der Waals surface area contributed by atoms with E-state index in [-0.39, 0.29) is 0 Å².